The van der Waals surface area contributed by atoms with Gasteiger partial charge in [0.1, 0.15) is 0 Å². The maximum Gasteiger partial charge on any atom is 0.251 e. The summed E-state index contributed by atoms with van der Waals surface area (Å²) in [5.41, 5.74) is 0.545. The molecular weight excluding hydrogens is 332 g/mol. The van der Waals surface area contributed by atoms with Crippen LogP contribution in [0.2, 0.25) is 0 Å². The zero-order valence-corrected chi connectivity index (χ0v) is 13.8. The van der Waals surface area contributed by atoms with Crippen molar-refractivity contribution in [1.29, 1.82) is 0 Å². The van der Waals surface area contributed by atoms with Gasteiger partial charge in [0.2, 0.25) is 5.91 Å². The van der Waals surface area contributed by atoms with Crippen LogP contribution in [-0.4, -0.2) is 24.4 Å². The summed E-state index contributed by atoms with van der Waals surface area (Å²) in [5.74, 6) is 0.170. The molecule has 1 aliphatic rings. The average molecular weight is 353 g/mol. The van der Waals surface area contributed by atoms with E-state index >= 15 is 0 Å². The first-order chi connectivity index (χ1) is 10.1. The molecule has 0 aromatic heterocycles. The summed E-state index contributed by atoms with van der Waals surface area (Å²) in [5, 5.41) is 5.68. The van der Waals surface area contributed by atoms with Gasteiger partial charge in [-0.1, -0.05) is 41.8 Å². The van der Waals surface area contributed by atoms with Gasteiger partial charge >= 0.3 is 0 Å². The minimum atomic E-state index is -0.233. The summed E-state index contributed by atoms with van der Waals surface area (Å²) in [7, 11) is 0. The van der Waals surface area contributed by atoms with Crippen molar-refractivity contribution in [3.63, 3.8) is 0 Å². The summed E-state index contributed by atoms with van der Waals surface area (Å²) in [4.78, 5) is 23.9. The van der Waals surface area contributed by atoms with E-state index in [0.717, 1.165) is 17.3 Å². The van der Waals surface area contributed by atoms with Crippen molar-refractivity contribution in [1.82, 2.24) is 10.6 Å². The fourth-order valence-electron chi connectivity index (χ4n) is 2.68. The molecule has 0 radical (unpaired) electrons. The number of halogens is 1. The number of benzene rings is 1. The van der Waals surface area contributed by atoms with E-state index in [1.807, 2.05) is 6.07 Å². The zero-order valence-electron chi connectivity index (χ0n) is 12.2. The van der Waals surface area contributed by atoms with E-state index in [1.165, 1.54) is 12.8 Å². The van der Waals surface area contributed by atoms with Crippen molar-refractivity contribution in [2.45, 2.75) is 38.6 Å². The molecule has 0 aliphatic heterocycles. The Balaban J connectivity index is 1.79. The van der Waals surface area contributed by atoms with E-state index in [0.29, 0.717) is 11.5 Å². The van der Waals surface area contributed by atoms with Gasteiger partial charge < -0.3 is 10.6 Å². The van der Waals surface area contributed by atoms with Gasteiger partial charge in [0.25, 0.3) is 5.91 Å². The topological polar surface area (TPSA) is 58.2 Å². The van der Waals surface area contributed by atoms with Crippen LogP contribution >= 0.6 is 15.9 Å². The number of carbonyl (C=O) groups excluding carboxylic acids is 2. The molecule has 0 spiro atoms. The Hall–Kier alpha value is -1.36. The van der Waals surface area contributed by atoms with Crippen LogP contribution in [0.5, 0.6) is 0 Å². The van der Waals surface area contributed by atoms with Gasteiger partial charge in [-0.25, -0.2) is 0 Å². The summed E-state index contributed by atoms with van der Waals surface area (Å²) in [6.07, 6.45) is 4.61. The van der Waals surface area contributed by atoms with Gasteiger partial charge in [-0.3, -0.25) is 9.59 Å². The number of rotatable bonds is 4. The van der Waals surface area contributed by atoms with Crippen LogP contribution in [0.1, 0.15) is 43.0 Å². The van der Waals surface area contributed by atoms with Crippen molar-refractivity contribution < 1.29 is 9.59 Å². The number of hydrogen-bond acceptors (Lipinski definition) is 2. The second-order valence-electron chi connectivity index (χ2n) is 5.63. The monoisotopic (exact) mass is 352 g/mol. The van der Waals surface area contributed by atoms with Crippen LogP contribution < -0.4 is 10.6 Å². The van der Waals surface area contributed by atoms with Crippen molar-refractivity contribution in [2.75, 3.05) is 6.54 Å². The Morgan fingerprint density at radius 2 is 2.05 bits per heavy atom. The summed E-state index contributed by atoms with van der Waals surface area (Å²) < 4.78 is 0.843. The lowest BCUT2D eigenvalue weighted by Gasteiger charge is -2.29. The molecule has 2 amide bonds. The predicted octanol–water partition coefficient (Wildman–Crippen LogP) is 2.87. The van der Waals surface area contributed by atoms with Gasteiger partial charge in [-0.05, 0) is 37.0 Å². The number of amides is 2. The molecule has 2 unspecified atom stereocenters. The lowest BCUT2D eigenvalue weighted by Crippen LogP contribution is -2.45. The van der Waals surface area contributed by atoms with E-state index < -0.39 is 0 Å². The lowest BCUT2D eigenvalue weighted by atomic mass is 9.86. The third-order valence-electron chi connectivity index (χ3n) is 3.95. The fourth-order valence-corrected chi connectivity index (χ4v) is 3.08. The largest absolute Gasteiger partial charge is 0.352 e. The van der Waals surface area contributed by atoms with Gasteiger partial charge in [0, 0.05) is 16.1 Å². The molecule has 4 nitrogen and oxygen atoms in total. The number of hydrogen-bond donors (Lipinski definition) is 2. The maximum atomic E-state index is 11.9. The highest BCUT2D eigenvalue weighted by Gasteiger charge is 2.22. The van der Waals surface area contributed by atoms with Crippen LogP contribution in [0.3, 0.4) is 0 Å². The predicted molar refractivity (Wildman–Crippen MR) is 86.0 cm³/mol. The Bertz CT molecular complexity index is 519. The maximum absolute atomic E-state index is 11.9. The van der Waals surface area contributed by atoms with Crippen molar-refractivity contribution >= 4 is 27.7 Å². The first kappa shape index (κ1) is 16.0. The molecule has 1 fully saturated rings. The molecule has 2 atom stereocenters. The highest BCUT2D eigenvalue weighted by Crippen LogP contribution is 2.23. The molecule has 0 heterocycles. The van der Waals surface area contributed by atoms with E-state index in [9.17, 15) is 9.59 Å². The third-order valence-corrected chi connectivity index (χ3v) is 4.45. The van der Waals surface area contributed by atoms with Crippen LogP contribution in [0.4, 0.5) is 0 Å². The Labute approximate surface area is 133 Å². The fraction of sp³-hybridized carbons (Fsp3) is 0.500. The average Bonchev–Trinajstić information content (AvgIpc) is 2.47. The van der Waals surface area contributed by atoms with E-state index in [-0.39, 0.29) is 24.4 Å². The molecule has 21 heavy (non-hydrogen) atoms. The van der Waals surface area contributed by atoms with Crippen LogP contribution in [-0.2, 0) is 4.79 Å². The number of carbonyl (C=O) groups is 2. The number of nitrogens with one attached hydrogen (secondary N) is 2. The Morgan fingerprint density at radius 1 is 1.29 bits per heavy atom. The summed E-state index contributed by atoms with van der Waals surface area (Å²) in [6.45, 7) is 2.19. The smallest absolute Gasteiger partial charge is 0.251 e. The molecule has 1 aliphatic carbocycles. The lowest BCUT2D eigenvalue weighted by molar-refractivity contribution is -0.121. The van der Waals surface area contributed by atoms with Gasteiger partial charge in [0.05, 0.1) is 6.54 Å². The molecule has 114 valence electrons. The van der Waals surface area contributed by atoms with Crippen molar-refractivity contribution in [3.05, 3.63) is 34.3 Å². The second kappa shape index (κ2) is 7.59. The molecule has 2 N–H and O–H groups in total. The zero-order chi connectivity index (χ0) is 15.2. The molecule has 1 saturated carbocycles. The Kier molecular flexibility index (Phi) is 5.79. The molecule has 0 saturated heterocycles. The molecular formula is C16H21BrN2O2. The SMILES string of the molecule is CC1CCCCC1NC(=O)CNC(=O)c1cccc(Br)c1. The molecule has 1 aromatic carbocycles. The molecule has 5 heteroatoms. The highest BCUT2D eigenvalue weighted by molar-refractivity contribution is 9.10. The Morgan fingerprint density at radius 3 is 2.76 bits per heavy atom. The van der Waals surface area contributed by atoms with Crippen LogP contribution in [0.15, 0.2) is 28.7 Å². The van der Waals surface area contributed by atoms with Crippen LogP contribution in [0.25, 0.3) is 0 Å². The summed E-state index contributed by atoms with van der Waals surface area (Å²) in [6, 6.07) is 7.35. The first-order valence-corrected chi connectivity index (χ1v) is 8.18. The van der Waals surface area contributed by atoms with E-state index in [1.54, 1.807) is 18.2 Å². The molecule has 1 aromatic rings. The van der Waals surface area contributed by atoms with Crippen molar-refractivity contribution in [2.24, 2.45) is 5.92 Å². The van der Waals surface area contributed by atoms with Gasteiger partial charge in [0.15, 0.2) is 0 Å². The van der Waals surface area contributed by atoms with Gasteiger partial charge in [-0.15, -0.1) is 0 Å². The minimum Gasteiger partial charge on any atom is -0.352 e. The highest BCUT2D eigenvalue weighted by atomic mass is 79.9. The van der Waals surface area contributed by atoms with Gasteiger partial charge in [-0.2, -0.15) is 0 Å². The standard InChI is InChI=1S/C16H21BrN2O2/c1-11-5-2-3-8-14(11)19-15(20)10-18-16(21)12-6-4-7-13(17)9-12/h4,6-7,9,11,14H,2-3,5,8,10H2,1H3,(H,18,21)(H,19,20). The van der Waals surface area contributed by atoms with Crippen molar-refractivity contribution in [3.8, 4) is 0 Å². The van der Waals surface area contributed by atoms with E-state index in [2.05, 4.69) is 33.5 Å². The minimum absolute atomic E-state index is 0.0224. The first-order valence-electron chi connectivity index (χ1n) is 7.39. The summed E-state index contributed by atoms with van der Waals surface area (Å²) >= 11 is 3.32. The van der Waals surface area contributed by atoms with Crippen LogP contribution in [0, 0.1) is 5.92 Å². The normalized spacial score (nSPS) is 21.6. The molecule has 0 bridgehead atoms. The second-order valence-corrected chi connectivity index (χ2v) is 6.54. The van der Waals surface area contributed by atoms with E-state index in [4.69, 9.17) is 0 Å². The quantitative estimate of drug-likeness (QED) is 0.875. The third kappa shape index (κ3) is 4.84. The molecule has 2 rings (SSSR count).